The van der Waals surface area contributed by atoms with Crippen LogP contribution in [0.1, 0.15) is 17.3 Å². The molecule has 3 rings (SSSR count). The monoisotopic (exact) mass is 353 g/mol. The standard InChI is InChI=1S/C18H15N3O3S/c1-12(24-17(23)14-7-9-19-10-8-14)16(22)21-18-20-15(11-25-18)13-5-3-2-4-6-13/h2-12H,1H3,(H,20,21,22)/t12-/m1/s1. The minimum atomic E-state index is -0.940. The van der Waals surface area contributed by atoms with Gasteiger partial charge in [-0.25, -0.2) is 9.78 Å². The van der Waals surface area contributed by atoms with E-state index in [1.165, 1.54) is 42.8 Å². The quantitative estimate of drug-likeness (QED) is 0.711. The Labute approximate surface area is 148 Å². The fourth-order valence-corrected chi connectivity index (χ4v) is 2.77. The minimum absolute atomic E-state index is 0.343. The van der Waals surface area contributed by atoms with E-state index < -0.39 is 18.0 Å². The van der Waals surface area contributed by atoms with Gasteiger partial charge in [-0.15, -0.1) is 11.3 Å². The zero-order chi connectivity index (χ0) is 17.6. The number of carbonyl (C=O) groups excluding carboxylic acids is 2. The van der Waals surface area contributed by atoms with Gasteiger partial charge in [0, 0.05) is 23.3 Å². The lowest BCUT2D eigenvalue weighted by molar-refractivity contribution is -0.123. The molecule has 1 amide bonds. The predicted octanol–water partition coefficient (Wildman–Crippen LogP) is 3.39. The fraction of sp³-hybridized carbons (Fsp3) is 0.111. The first-order chi connectivity index (χ1) is 12.1. The molecule has 7 heteroatoms. The van der Waals surface area contributed by atoms with E-state index in [9.17, 15) is 9.59 Å². The van der Waals surface area contributed by atoms with Gasteiger partial charge in [-0.05, 0) is 19.1 Å². The molecule has 0 saturated carbocycles. The van der Waals surface area contributed by atoms with Crippen LogP contribution in [0.5, 0.6) is 0 Å². The van der Waals surface area contributed by atoms with Crippen LogP contribution in [0.25, 0.3) is 11.3 Å². The fourth-order valence-electron chi connectivity index (χ4n) is 2.05. The van der Waals surface area contributed by atoms with Gasteiger partial charge in [-0.2, -0.15) is 0 Å². The van der Waals surface area contributed by atoms with Crippen LogP contribution in [0.3, 0.4) is 0 Å². The van der Waals surface area contributed by atoms with Crippen LogP contribution in [0.2, 0.25) is 0 Å². The molecule has 0 unspecified atom stereocenters. The Morgan fingerprint density at radius 1 is 1.12 bits per heavy atom. The molecule has 0 fully saturated rings. The van der Waals surface area contributed by atoms with Crippen molar-refractivity contribution >= 4 is 28.3 Å². The second-order valence-corrected chi connectivity index (χ2v) is 6.03. The molecule has 126 valence electrons. The summed E-state index contributed by atoms with van der Waals surface area (Å²) < 4.78 is 5.16. The van der Waals surface area contributed by atoms with Crippen molar-refractivity contribution in [3.05, 3.63) is 65.8 Å². The Bertz CT molecular complexity index is 866. The van der Waals surface area contributed by atoms with Crippen molar-refractivity contribution in [3.63, 3.8) is 0 Å². The highest BCUT2D eigenvalue weighted by atomic mass is 32.1. The summed E-state index contributed by atoms with van der Waals surface area (Å²) in [6, 6.07) is 12.7. The maximum Gasteiger partial charge on any atom is 0.339 e. The first-order valence-corrected chi connectivity index (χ1v) is 8.44. The lowest BCUT2D eigenvalue weighted by Gasteiger charge is -2.12. The number of pyridine rings is 1. The third-order valence-electron chi connectivity index (χ3n) is 3.37. The van der Waals surface area contributed by atoms with Gasteiger partial charge in [-0.1, -0.05) is 30.3 Å². The number of ether oxygens (including phenoxy) is 1. The molecule has 0 aliphatic heterocycles. The van der Waals surface area contributed by atoms with E-state index in [-0.39, 0.29) is 0 Å². The molecule has 1 atom stereocenters. The summed E-state index contributed by atoms with van der Waals surface area (Å²) in [5.41, 5.74) is 2.09. The van der Waals surface area contributed by atoms with E-state index in [2.05, 4.69) is 15.3 Å². The molecule has 0 saturated heterocycles. The summed E-state index contributed by atoms with van der Waals surface area (Å²) in [6.45, 7) is 1.51. The predicted molar refractivity (Wildman–Crippen MR) is 95.3 cm³/mol. The van der Waals surface area contributed by atoms with Crippen molar-refractivity contribution < 1.29 is 14.3 Å². The smallest absolute Gasteiger partial charge is 0.339 e. The van der Waals surface area contributed by atoms with E-state index in [4.69, 9.17) is 4.74 Å². The van der Waals surface area contributed by atoms with Crippen LogP contribution in [0.15, 0.2) is 60.2 Å². The zero-order valence-electron chi connectivity index (χ0n) is 13.4. The molecule has 0 spiro atoms. The molecule has 1 N–H and O–H groups in total. The van der Waals surface area contributed by atoms with E-state index in [1.54, 1.807) is 0 Å². The summed E-state index contributed by atoms with van der Waals surface area (Å²) >= 11 is 1.31. The van der Waals surface area contributed by atoms with Gasteiger partial charge in [0.25, 0.3) is 5.91 Å². The van der Waals surface area contributed by atoms with Gasteiger partial charge < -0.3 is 4.74 Å². The molecule has 2 aromatic heterocycles. The summed E-state index contributed by atoms with van der Waals surface area (Å²) in [7, 11) is 0. The van der Waals surface area contributed by atoms with Gasteiger partial charge in [0.1, 0.15) is 0 Å². The topological polar surface area (TPSA) is 81.2 Å². The summed E-state index contributed by atoms with van der Waals surface area (Å²) in [5, 5.41) is 4.98. The molecular formula is C18H15N3O3S. The molecule has 0 radical (unpaired) electrons. The van der Waals surface area contributed by atoms with Crippen LogP contribution in [0.4, 0.5) is 5.13 Å². The van der Waals surface area contributed by atoms with E-state index in [0.717, 1.165) is 11.3 Å². The highest BCUT2D eigenvalue weighted by molar-refractivity contribution is 7.14. The van der Waals surface area contributed by atoms with E-state index in [0.29, 0.717) is 10.7 Å². The Hall–Kier alpha value is -3.06. The van der Waals surface area contributed by atoms with Crippen molar-refractivity contribution in [2.45, 2.75) is 13.0 Å². The van der Waals surface area contributed by atoms with Gasteiger partial charge in [0.2, 0.25) is 0 Å². The molecule has 1 aromatic carbocycles. The molecule has 0 bridgehead atoms. The number of nitrogens with zero attached hydrogens (tertiary/aromatic N) is 2. The Kier molecular flexibility index (Phi) is 5.15. The van der Waals surface area contributed by atoms with Crippen molar-refractivity contribution in [1.82, 2.24) is 9.97 Å². The highest BCUT2D eigenvalue weighted by Gasteiger charge is 2.20. The normalized spacial score (nSPS) is 11.6. The van der Waals surface area contributed by atoms with Crippen molar-refractivity contribution in [1.29, 1.82) is 0 Å². The number of aromatic nitrogens is 2. The summed E-state index contributed by atoms with van der Waals surface area (Å²) in [6.07, 6.45) is 2.04. The molecule has 0 aliphatic carbocycles. The molecule has 3 aromatic rings. The first kappa shape index (κ1) is 16.8. The Morgan fingerprint density at radius 3 is 2.56 bits per heavy atom. The number of nitrogens with one attached hydrogen (secondary N) is 1. The highest BCUT2D eigenvalue weighted by Crippen LogP contribution is 2.24. The summed E-state index contributed by atoms with van der Waals surface area (Å²) in [5.74, 6) is -1.01. The number of carbonyl (C=O) groups is 2. The number of esters is 1. The van der Waals surface area contributed by atoms with Crippen LogP contribution in [-0.4, -0.2) is 27.9 Å². The Balaban J connectivity index is 1.60. The SMILES string of the molecule is C[C@@H](OC(=O)c1ccncc1)C(=O)Nc1nc(-c2ccccc2)cs1. The van der Waals surface area contributed by atoms with Gasteiger partial charge >= 0.3 is 5.97 Å². The zero-order valence-corrected chi connectivity index (χ0v) is 14.2. The number of rotatable bonds is 5. The maximum atomic E-state index is 12.2. The first-order valence-electron chi connectivity index (χ1n) is 7.56. The average Bonchev–Trinajstić information content (AvgIpc) is 3.11. The average molecular weight is 353 g/mol. The van der Waals surface area contributed by atoms with Crippen LogP contribution >= 0.6 is 11.3 Å². The van der Waals surface area contributed by atoms with Crippen LogP contribution < -0.4 is 5.32 Å². The number of benzene rings is 1. The lowest BCUT2D eigenvalue weighted by atomic mass is 10.2. The third-order valence-corrected chi connectivity index (χ3v) is 4.13. The maximum absolute atomic E-state index is 12.2. The Morgan fingerprint density at radius 2 is 1.84 bits per heavy atom. The second kappa shape index (κ2) is 7.67. The number of hydrogen-bond acceptors (Lipinski definition) is 6. The number of anilines is 1. The molecule has 6 nitrogen and oxygen atoms in total. The van der Waals surface area contributed by atoms with Gasteiger partial charge in [-0.3, -0.25) is 15.1 Å². The molecule has 2 heterocycles. The van der Waals surface area contributed by atoms with Gasteiger partial charge in [0.15, 0.2) is 11.2 Å². The number of amides is 1. The van der Waals surface area contributed by atoms with Crippen molar-refractivity contribution in [3.8, 4) is 11.3 Å². The number of hydrogen-bond donors (Lipinski definition) is 1. The third kappa shape index (κ3) is 4.27. The number of thiazole rings is 1. The minimum Gasteiger partial charge on any atom is -0.449 e. The molecule has 0 aliphatic rings. The van der Waals surface area contributed by atoms with E-state index in [1.807, 2.05) is 35.7 Å². The largest absolute Gasteiger partial charge is 0.449 e. The van der Waals surface area contributed by atoms with Crippen LogP contribution in [-0.2, 0) is 9.53 Å². The van der Waals surface area contributed by atoms with Crippen LogP contribution in [0, 0.1) is 0 Å². The van der Waals surface area contributed by atoms with Gasteiger partial charge in [0.05, 0.1) is 11.3 Å². The summed E-state index contributed by atoms with van der Waals surface area (Å²) in [4.78, 5) is 32.4. The second-order valence-electron chi connectivity index (χ2n) is 5.18. The molecular weight excluding hydrogens is 338 g/mol. The van der Waals surface area contributed by atoms with E-state index >= 15 is 0 Å². The van der Waals surface area contributed by atoms with Crippen molar-refractivity contribution in [2.75, 3.05) is 5.32 Å². The van der Waals surface area contributed by atoms with Crippen molar-refractivity contribution in [2.24, 2.45) is 0 Å². The molecule has 25 heavy (non-hydrogen) atoms. The lowest BCUT2D eigenvalue weighted by Crippen LogP contribution is -2.29.